The van der Waals surface area contributed by atoms with Gasteiger partial charge in [0.05, 0.1) is 0 Å². The third-order valence-electron chi connectivity index (χ3n) is 2.63. The van der Waals surface area contributed by atoms with Crippen molar-refractivity contribution in [2.75, 3.05) is 18.2 Å². The van der Waals surface area contributed by atoms with Gasteiger partial charge < -0.3 is 10.1 Å². The second-order valence-corrected chi connectivity index (χ2v) is 5.94. The molecule has 1 N–H and O–H groups in total. The van der Waals surface area contributed by atoms with Crippen molar-refractivity contribution >= 4 is 39.3 Å². The highest BCUT2D eigenvalue weighted by molar-refractivity contribution is 9.10. The number of nitrogens with one attached hydrogen (secondary N) is 1. The van der Waals surface area contributed by atoms with Crippen molar-refractivity contribution in [3.8, 4) is 5.75 Å². The van der Waals surface area contributed by atoms with Crippen molar-refractivity contribution in [2.24, 2.45) is 0 Å². The Balaban J connectivity index is 1.89. The van der Waals surface area contributed by atoms with Gasteiger partial charge in [-0.25, -0.2) is 4.39 Å². The summed E-state index contributed by atoms with van der Waals surface area (Å²) >= 11 is 4.78. The van der Waals surface area contributed by atoms with Crippen LogP contribution in [-0.2, 0) is 4.79 Å². The highest BCUT2D eigenvalue weighted by atomic mass is 79.9. The largest absolute Gasteiger partial charge is 0.481 e. The van der Waals surface area contributed by atoms with Crippen molar-refractivity contribution < 1.29 is 13.9 Å². The molecule has 1 amide bonds. The second kappa shape index (κ2) is 7.47. The molecule has 0 aliphatic heterocycles. The Morgan fingerprint density at radius 3 is 2.62 bits per heavy atom. The molecule has 0 bridgehead atoms. The number of carbonyl (C=O) groups is 1. The van der Waals surface area contributed by atoms with Crippen LogP contribution in [0.2, 0.25) is 0 Å². The smallest absolute Gasteiger partial charge is 0.262 e. The first kappa shape index (κ1) is 15.9. The van der Waals surface area contributed by atoms with Gasteiger partial charge in [-0.1, -0.05) is 15.9 Å². The van der Waals surface area contributed by atoms with E-state index in [9.17, 15) is 9.18 Å². The van der Waals surface area contributed by atoms with Crippen LogP contribution in [-0.4, -0.2) is 18.8 Å². The fourth-order valence-corrected chi connectivity index (χ4v) is 2.35. The Morgan fingerprint density at radius 2 is 2.00 bits per heavy atom. The van der Waals surface area contributed by atoms with Crippen LogP contribution in [0.25, 0.3) is 0 Å². The van der Waals surface area contributed by atoms with Gasteiger partial charge in [0.15, 0.2) is 18.2 Å². The summed E-state index contributed by atoms with van der Waals surface area (Å²) in [6.45, 7) is -0.247. The zero-order chi connectivity index (χ0) is 15.2. The molecule has 0 aliphatic rings. The highest BCUT2D eigenvalue weighted by Crippen LogP contribution is 2.21. The van der Waals surface area contributed by atoms with E-state index in [2.05, 4.69) is 21.2 Å². The number of hydrogen-bond acceptors (Lipinski definition) is 3. The summed E-state index contributed by atoms with van der Waals surface area (Å²) in [5.74, 6) is -0.804. The van der Waals surface area contributed by atoms with Crippen LogP contribution in [0, 0.1) is 5.82 Å². The van der Waals surface area contributed by atoms with Crippen LogP contribution >= 0.6 is 27.7 Å². The molecular formula is C15H13BrFNO2S. The van der Waals surface area contributed by atoms with Crippen molar-refractivity contribution in [3.63, 3.8) is 0 Å². The van der Waals surface area contributed by atoms with Crippen molar-refractivity contribution in [1.82, 2.24) is 0 Å². The van der Waals surface area contributed by atoms with E-state index in [-0.39, 0.29) is 18.3 Å². The number of amides is 1. The predicted octanol–water partition coefficient (Wildman–Crippen LogP) is 4.33. The minimum atomic E-state index is -0.513. The molecular weight excluding hydrogens is 357 g/mol. The molecule has 0 unspecified atom stereocenters. The van der Waals surface area contributed by atoms with Crippen molar-refractivity contribution in [1.29, 1.82) is 0 Å². The number of hydrogen-bond donors (Lipinski definition) is 1. The molecule has 110 valence electrons. The molecule has 0 aromatic heterocycles. The summed E-state index contributed by atoms with van der Waals surface area (Å²) in [4.78, 5) is 12.9. The monoisotopic (exact) mass is 369 g/mol. The zero-order valence-corrected chi connectivity index (χ0v) is 13.6. The lowest BCUT2D eigenvalue weighted by Crippen LogP contribution is -2.20. The summed E-state index contributed by atoms with van der Waals surface area (Å²) in [7, 11) is 0. The lowest BCUT2D eigenvalue weighted by molar-refractivity contribution is -0.118. The summed E-state index contributed by atoms with van der Waals surface area (Å²) in [5, 5.41) is 2.69. The van der Waals surface area contributed by atoms with Gasteiger partial charge in [0.25, 0.3) is 5.91 Å². The standard InChI is InChI=1S/C15H13BrFNO2S/c1-21-12-5-3-11(4-6-12)18-15(19)9-20-14-7-2-10(16)8-13(14)17/h2-8H,9H2,1H3,(H,18,19). The highest BCUT2D eigenvalue weighted by Gasteiger charge is 2.07. The number of rotatable bonds is 5. The third kappa shape index (κ3) is 4.75. The Labute approximate surface area is 135 Å². The SMILES string of the molecule is CSc1ccc(NC(=O)COc2ccc(Br)cc2F)cc1. The molecule has 6 heteroatoms. The van der Waals surface area contributed by atoms with Gasteiger partial charge in [-0.05, 0) is 48.7 Å². The van der Waals surface area contributed by atoms with Crippen LogP contribution in [0.4, 0.5) is 10.1 Å². The van der Waals surface area contributed by atoms with Gasteiger partial charge in [0.2, 0.25) is 0 Å². The lowest BCUT2D eigenvalue weighted by atomic mass is 10.3. The summed E-state index contributed by atoms with van der Waals surface area (Å²) < 4.78 is 19.3. The molecule has 0 saturated carbocycles. The number of benzene rings is 2. The van der Waals surface area contributed by atoms with Gasteiger partial charge in [-0.15, -0.1) is 11.8 Å². The van der Waals surface area contributed by atoms with Gasteiger partial charge in [-0.2, -0.15) is 0 Å². The van der Waals surface area contributed by atoms with E-state index in [0.717, 1.165) is 4.90 Å². The van der Waals surface area contributed by atoms with Gasteiger partial charge in [0, 0.05) is 15.1 Å². The van der Waals surface area contributed by atoms with Crippen LogP contribution in [0.1, 0.15) is 0 Å². The Bertz CT molecular complexity index is 634. The second-order valence-electron chi connectivity index (χ2n) is 4.14. The normalized spacial score (nSPS) is 10.2. The minimum Gasteiger partial charge on any atom is -0.481 e. The van der Waals surface area contributed by atoms with Gasteiger partial charge >= 0.3 is 0 Å². The van der Waals surface area contributed by atoms with E-state index >= 15 is 0 Å². The topological polar surface area (TPSA) is 38.3 Å². The molecule has 3 nitrogen and oxygen atoms in total. The average molecular weight is 370 g/mol. The molecule has 0 heterocycles. The van der Waals surface area contributed by atoms with Crippen molar-refractivity contribution in [2.45, 2.75) is 4.90 Å². The van der Waals surface area contributed by atoms with Crippen LogP contribution in [0.3, 0.4) is 0 Å². The summed E-state index contributed by atoms with van der Waals surface area (Å²) in [6.07, 6.45) is 1.98. The van der Waals surface area contributed by atoms with E-state index < -0.39 is 5.82 Å². The fourth-order valence-electron chi connectivity index (χ4n) is 1.61. The van der Waals surface area contributed by atoms with Gasteiger partial charge in [-0.3, -0.25) is 4.79 Å². The molecule has 2 rings (SSSR count). The van der Waals surface area contributed by atoms with Crippen molar-refractivity contribution in [3.05, 3.63) is 52.8 Å². The first-order valence-electron chi connectivity index (χ1n) is 6.10. The fraction of sp³-hybridized carbons (Fsp3) is 0.133. The quantitative estimate of drug-likeness (QED) is 0.797. The number of halogens is 2. The van der Waals surface area contributed by atoms with E-state index in [4.69, 9.17) is 4.74 Å². The number of ether oxygens (including phenoxy) is 1. The van der Waals surface area contributed by atoms with Gasteiger partial charge in [0.1, 0.15) is 0 Å². The van der Waals surface area contributed by atoms with E-state index in [1.165, 1.54) is 12.1 Å². The lowest BCUT2D eigenvalue weighted by Gasteiger charge is -2.08. The maximum atomic E-state index is 13.5. The number of carbonyl (C=O) groups excluding carboxylic acids is 1. The van der Waals surface area contributed by atoms with Crippen LogP contribution in [0.5, 0.6) is 5.75 Å². The predicted molar refractivity (Wildman–Crippen MR) is 86.4 cm³/mol. The third-order valence-corrected chi connectivity index (χ3v) is 3.86. The molecule has 0 fully saturated rings. The Kier molecular flexibility index (Phi) is 5.64. The first-order chi connectivity index (χ1) is 10.1. The minimum absolute atomic E-state index is 0.0473. The zero-order valence-electron chi connectivity index (χ0n) is 11.2. The molecule has 2 aromatic carbocycles. The molecule has 0 radical (unpaired) electrons. The molecule has 0 aliphatic carbocycles. The average Bonchev–Trinajstić information content (AvgIpc) is 2.47. The first-order valence-corrected chi connectivity index (χ1v) is 8.12. The van der Waals surface area contributed by atoms with Crippen LogP contribution in [0.15, 0.2) is 51.8 Å². The Morgan fingerprint density at radius 1 is 1.29 bits per heavy atom. The van der Waals surface area contributed by atoms with E-state index in [1.54, 1.807) is 17.8 Å². The summed E-state index contributed by atoms with van der Waals surface area (Å²) in [5.41, 5.74) is 0.678. The molecule has 0 saturated heterocycles. The number of thioether (sulfide) groups is 1. The molecule has 0 atom stereocenters. The maximum absolute atomic E-state index is 13.5. The molecule has 2 aromatic rings. The summed E-state index contributed by atoms with van der Waals surface area (Å²) in [6, 6.07) is 11.9. The van der Waals surface area contributed by atoms with Crippen LogP contribution < -0.4 is 10.1 Å². The maximum Gasteiger partial charge on any atom is 0.262 e. The van der Waals surface area contributed by atoms with E-state index in [0.29, 0.717) is 10.2 Å². The number of anilines is 1. The van der Waals surface area contributed by atoms with E-state index in [1.807, 2.05) is 30.5 Å². The molecule has 0 spiro atoms. The Hall–Kier alpha value is -1.53. The molecule has 21 heavy (non-hydrogen) atoms.